The van der Waals surface area contributed by atoms with Gasteiger partial charge in [0.1, 0.15) is 6.04 Å². The molecule has 8 heteroatoms. The molecule has 1 amide bonds. The lowest BCUT2D eigenvalue weighted by Crippen LogP contribution is -2.16. The van der Waals surface area contributed by atoms with E-state index < -0.39 is 11.9 Å². The second-order valence-electron chi connectivity index (χ2n) is 7.75. The number of benzene rings is 1. The SMILES string of the molecule is CN=CC(=CN)c1ccc2c(c1)C(C1=CC=C(Cl)CC1)=N[C@@H](CC(N)=O)c1onc(C)c1-2. The molecule has 0 saturated carbocycles. The molecule has 2 aromatic rings. The summed E-state index contributed by atoms with van der Waals surface area (Å²) in [5.74, 6) is 0.0813. The number of halogens is 1. The Morgan fingerprint density at radius 1 is 1.31 bits per heavy atom. The van der Waals surface area contributed by atoms with Gasteiger partial charge in [-0.05, 0) is 48.6 Å². The van der Waals surface area contributed by atoms with E-state index in [9.17, 15) is 4.79 Å². The van der Waals surface area contributed by atoms with Gasteiger partial charge in [0.25, 0.3) is 0 Å². The molecule has 0 unspecified atom stereocenters. The van der Waals surface area contributed by atoms with Crippen molar-refractivity contribution in [3.63, 3.8) is 0 Å². The molecule has 1 aliphatic heterocycles. The minimum Gasteiger partial charge on any atom is -0.404 e. The van der Waals surface area contributed by atoms with Gasteiger partial charge in [-0.3, -0.25) is 14.8 Å². The smallest absolute Gasteiger partial charge is 0.220 e. The normalized spacial score (nSPS) is 18.4. The van der Waals surface area contributed by atoms with Crippen LogP contribution in [0.3, 0.4) is 0 Å². The van der Waals surface area contributed by atoms with Crippen LogP contribution in [0.2, 0.25) is 0 Å². The molecule has 1 aromatic carbocycles. The number of allylic oxidation sites excluding steroid dienone is 5. The molecule has 7 nitrogen and oxygen atoms in total. The molecule has 0 bridgehead atoms. The lowest BCUT2D eigenvalue weighted by atomic mass is 9.88. The topological polar surface area (TPSA) is 120 Å². The zero-order valence-electron chi connectivity index (χ0n) is 17.9. The number of nitrogens with zero attached hydrogens (tertiary/aromatic N) is 3. The van der Waals surface area contributed by atoms with E-state index >= 15 is 0 Å². The third-order valence-corrected chi connectivity index (χ3v) is 5.91. The fourth-order valence-corrected chi connectivity index (χ4v) is 4.27. The van der Waals surface area contributed by atoms with Gasteiger partial charge in [-0.25, -0.2) is 0 Å². The third kappa shape index (κ3) is 4.03. The molecule has 0 saturated heterocycles. The fraction of sp³-hybridized carbons (Fsp3) is 0.250. The first-order chi connectivity index (χ1) is 15.4. The van der Waals surface area contributed by atoms with Crippen molar-refractivity contribution in [2.75, 3.05) is 7.05 Å². The first kappa shape index (κ1) is 21.8. The second kappa shape index (κ2) is 8.96. The second-order valence-corrected chi connectivity index (χ2v) is 8.23. The van der Waals surface area contributed by atoms with Crippen molar-refractivity contribution in [2.45, 2.75) is 32.2 Å². The molecular weight excluding hydrogens is 426 g/mol. The van der Waals surface area contributed by atoms with E-state index in [0.29, 0.717) is 5.76 Å². The number of amides is 1. The molecular formula is C24H24ClN5O2. The van der Waals surface area contributed by atoms with Gasteiger partial charge in [-0.1, -0.05) is 35.0 Å². The van der Waals surface area contributed by atoms with Crippen LogP contribution in [0.25, 0.3) is 16.7 Å². The lowest BCUT2D eigenvalue weighted by molar-refractivity contribution is -0.118. The Balaban J connectivity index is 2.00. The summed E-state index contributed by atoms with van der Waals surface area (Å²) in [7, 11) is 1.70. The van der Waals surface area contributed by atoms with Crippen molar-refractivity contribution >= 4 is 35.0 Å². The summed E-state index contributed by atoms with van der Waals surface area (Å²) in [4.78, 5) is 21.0. The lowest BCUT2D eigenvalue weighted by Gasteiger charge is -2.17. The Bertz CT molecular complexity index is 1230. The van der Waals surface area contributed by atoms with E-state index in [2.05, 4.69) is 10.1 Å². The highest BCUT2D eigenvalue weighted by atomic mass is 35.5. The van der Waals surface area contributed by atoms with Gasteiger partial charge in [0, 0.05) is 35.6 Å². The van der Waals surface area contributed by atoms with Gasteiger partial charge in [0.2, 0.25) is 5.91 Å². The van der Waals surface area contributed by atoms with Crippen LogP contribution < -0.4 is 11.5 Å². The van der Waals surface area contributed by atoms with Crippen LogP contribution >= 0.6 is 11.6 Å². The molecule has 0 fully saturated rings. The van der Waals surface area contributed by atoms with E-state index in [1.807, 2.05) is 37.3 Å². The summed E-state index contributed by atoms with van der Waals surface area (Å²) in [5.41, 5.74) is 18.3. The average Bonchev–Trinajstić information content (AvgIpc) is 3.10. The summed E-state index contributed by atoms with van der Waals surface area (Å²) in [6, 6.07) is 5.46. The summed E-state index contributed by atoms with van der Waals surface area (Å²) in [6.45, 7) is 1.88. The molecule has 4 N–H and O–H groups in total. The van der Waals surface area contributed by atoms with Crippen LogP contribution in [0.4, 0.5) is 0 Å². The number of carbonyl (C=O) groups is 1. The number of primary amides is 1. The summed E-state index contributed by atoms with van der Waals surface area (Å²) >= 11 is 6.20. The first-order valence-corrected chi connectivity index (χ1v) is 10.7. The van der Waals surface area contributed by atoms with Crippen LogP contribution in [0.5, 0.6) is 0 Å². The molecule has 2 aliphatic rings. The van der Waals surface area contributed by atoms with Crippen LogP contribution in [0.1, 0.15) is 47.9 Å². The number of nitrogens with two attached hydrogens (primary N) is 2. The average molecular weight is 450 g/mol. The minimum absolute atomic E-state index is 0.0201. The standard InChI is InChI=1S/C24H24ClN5O2/c1-13-22-18-8-5-15(16(11-26)12-28-2)9-19(18)23(14-3-6-17(25)7-4-14)29-20(10-21(27)31)24(22)32-30-13/h3,5-6,8-9,11-12,20H,4,7,10,26H2,1-2H3,(H2,27,31)/t20-/m0/s1. The Morgan fingerprint density at radius 3 is 2.78 bits per heavy atom. The predicted octanol–water partition coefficient (Wildman–Crippen LogP) is 4.21. The number of aryl methyl sites for hydroxylation is 1. The summed E-state index contributed by atoms with van der Waals surface area (Å²) in [6.07, 6.45) is 8.58. The van der Waals surface area contributed by atoms with E-state index in [1.54, 1.807) is 13.3 Å². The molecule has 1 atom stereocenters. The number of fused-ring (bicyclic) bond motifs is 3. The third-order valence-electron chi connectivity index (χ3n) is 5.60. The molecule has 0 spiro atoms. The van der Waals surface area contributed by atoms with Crippen molar-refractivity contribution in [3.05, 3.63) is 69.7 Å². The number of aromatic nitrogens is 1. The van der Waals surface area contributed by atoms with E-state index in [1.165, 1.54) is 6.20 Å². The van der Waals surface area contributed by atoms with Crippen molar-refractivity contribution in [2.24, 2.45) is 21.5 Å². The number of rotatable bonds is 5. The molecule has 4 rings (SSSR count). The summed E-state index contributed by atoms with van der Waals surface area (Å²) < 4.78 is 5.66. The molecule has 164 valence electrons. The maximum absolute atomic E-state index is 11.9. The maximum atomic E-state index is 11.9. The molecule has 2 heterocycles. The maximum Gasteiger partial charge on any atom is 0.220 e. The Kier molecular flexibility index (Phi) is 6.10. The summed E-state index contributed by atoms with van der Waals surface area (Å²) in [5, 5.41) is 4.95. The van der Waals surface area contributed by atoms with Gasteiger partial charge >= 0.3 is 0 Å². The van der Waals surface area contributed by atoms with Crippen LogP contribution in [-0.4, -0.2) is 30.0 Å². The van der Waals surface area contributed by atoms with Crippen molar-refractivity contribution in [1.29, 1.82) is 0 Å². The predicted molar refractivity (Wildman–Crippen MR) is 128 cm³/mol. The number of hydrogen-bond acceptors (Lipinski definition) is 6. The fourth-order valence-electron chi connectivity index (χ4n) is 4.11. The Hall–Kier alpha value is -3.45. The Morgan fingerprint density at radius 2 is 2.12 bits per heavy atom. The van der Waals surface area contributed by atoms with Crippen LogP contribution in [0, 0.1) is 6.92 Å². The molecule has 32 heavy (non-hydrogen) atoms. The van der Waals surface area contributed by atoms with Crippen molar-refractivity contribution in [3.8, 4) is 11.1 Å². The number of carbonyl (C=O) groups excluding carboxylic acids is 1. The monoisotopic (exact) mass is 449 g/mol. The molecule has 1 aliphatic carbocycles. The van der Waals surface area contributed by atoms with Crippen LogP contribution in [-0.2, 0) is 4.79 Å². The quantitative estimate of drug-likeness (QED) is 0.664. The zero-order valence-corrected chi connectivity index (χ0v) is 18.7. The van der Waals surface area contributed by atoms with Gasteiger partial charge < -0.3 is 16.0 Å². The van der Waals surface area contributed by atoms with Crippen molar-refractivity contribution < 1.29 is 9.32 Å². The zero-order chi connectivity index (χ0) is 22.8. The minimum atomic E-state index is -0.571. The molecule has 1 aromatic heterocycles. The highest BCUT2D eigenvalue weighted by Crippen LogP contribution is 2.42. The number of hydrogen-bond donors (Lipinski definition) is 2. The van der Waals surface area contributed by atoms with Gasteiger partial charge in [-0.2, -0.15) is 0 Å². The highest BCUT2D eigenvalue weighted by molar-refractivity contribution is 6.30. The van der Waals surface area contributed by atoms with E-state index in [0.717, 1.165) is 62.7 Å². The van der Waals surface area contributed by atoms with Gasteiger partial charge in [0.15, 0.2) is 5.76 Å². The van der Waals surface area contributed by atoms with Gasteiger partial charge in [0.05, 0.1) is 23.4 Å². The largest absolute Gasteiger partial charge is 0.404 e. The number of aliphatic imine (C=N–C) groups is 2. The van der Waals surface area contributed by atoms with E-state index in [4.69, 9.17) is 32.6 Å². The van der Waals surface area contributed by atoms with Crippen LogP contribution in [0.15, 0.2) is 61.7 Å². The van der Waals surface area contributed by atoms with Gasteiger partial charge in [-0.15, -0.1) is 0 Å². The highest BCUT2D eigenvalue weighted by Gasteiger charge is 2.32. The first-order valence-electron chi connectivity index (χ1n) is 10.3. The molecule has 0 radical (unpaired) electrons. The van der Waals surface area contributed by atoms with E-state index in [-0.39, 0.29) is 6.42 Å². The van der Waals surface area contributed by atoms with Crippen molar-refractivity contribution in [1.82, 2.24) is 5.16 Å². The Labute approximate surface area is 191 Å².